The molecule has 0 aliphatic carbocycles. The van der Waals surface area contributed by atoms with E-state index in [1.165, 1.54) is 18.1 Å². The van der Waals surface area contributed by atoms with Gasteiger partial charge in [-0.05, 0) is 67.3 Å². The number of amides is 1. The molecule has 1 aromatic heterocycles. The molecule has 0 unspecified atom stereocenters. The maximum Gasteiger partial charge on any atom is 0.416 e. The number of anilines is 3. The number of nitrogens with one attached hydrogen (secondary N) is 1. The summed E-state index contributed by atoms with van der Waals surface area (Å²) in [6, 6.07) is 8.15. The molecule has 3 aromatic rings. The quantitative estimate of drug-likeness (QED) is 0.236. The fourth-order valence-corrected chi connectivity index (χ4v) is 6.08. The van der Waals surface area contributed by atoms with Gasteiger partial charge in [0.15, 0.2) is 0 Å². The largest absolute Gasteiger partial charge is 0.416 e. The molecule has 0 radical (unpaired) electrons. The zero-order chi connectivity index (χ0) is 32.2. The Morgan fingerprint density at radius 1 is 1.00 bits per heavy atom. The van der Waals surface area contributed by atoms with Crippen LogP contribution in [0.25, 0.3) is 0 Å². The van der Waals surface area contributed by atoms with Crippen LogP contribution in [-0.4, -0.2) is 33.5 Å². The molecule has 0 bridgehead atoms. The summed E-state index contributed by atoms with van der Waals surface area (Å²) >= 11 is 1.18. The van der Waals surface area contributed by atoms with Crippen molar-refractivity contribution in [2.45, 2.75) is 77.9 Å². The summed E-state index contributed by atoms with van der Waals surface area (Å²) in [5.74, 6) is 1.39. The predicted molar refractivity (Wildman–Crippen MR) is 162 cm³/mol. The number of carbonyl (C=O) groups is 1. The van der Waals surface area contributed by atoms with Crippen molar-refractivity contribution in [3.8, 4) is 0 Å². The van der Waals surface area contributed by atoms with E-state index in [1.807, 2.05) is 45.9 Å². The van der Waals surface area contributed by atoms with E-state index in [0.717, 1.165) is 29.7 Å². The molecule has 1 aliphatic rings. The Morgan fingerprint density at radius 3 is 2.27 bits per heavy atom. The first-order valence-electron chi connectivity index (χ1n) is 14.4. The van der Waals surface area contributed by atoms with Crippen molar-refractivity contribution in [1.82, 2.24) is 9.97 Å². The van der Waals surface area contributed by atoms with Crippen LogP contribution < -0.4 is 15.1 Å². The zero-order valence-electron chi connectivity index (χ0n) is 24.9. The summed E-state index contributed by atoms with van der Waals surface area (Å²) in [7, 11) is 0. The number of benzene rings is 2. The van der Waals surface area contributed by atoms with Gasteiger partial charge in [-0.1, -0.05) is 50.2 Å². The highest BCUT2D eigenvalue weighted by atomic mass is 32.2. The minimum Gasteiger partial charge on any atom is -0.370 e. The van der Waals surface area contributed by atoms with Crippen molar-refractivity contribution in [3.63, 3.8) is 0 Å². The van der Waals surface area contributed by atoms with Gasteiger partial charge >= 0.3 is 12.4 Å². The highest BCUT2D eigenvalue weighted by Crippen LogP contribution is 2.45. The fourth-order valence-electron chi connectivity index (χ4n) is 5.44. The van der Waals surface area contributed by atoms with Crippen molar-refractivity contribution in [1.29, 1.82) is 0 Å². The van der Waals surface area contributed by atoms with Crippen LogP contribution >= 0.6 is 11.8 Å². The minimum atomic E-state index is -4.98. The highest BCUT2D eigenvalue weighted by molar-refractivity contribution is 8.13. The van der Waals surface area contributed by atoms with E-state index < -0.39 is 29.5 Å². The van der Waals surface area contributed by atoms with Crippen LogP contribution in [0.4, 0.5) is 48.5 Å². The van der Waals surface area contributed by atoms with E-state index in [0.29, 0.717) is 42.5 Å². The predicted octanol–water partition coefficient (Wildman–Crippen LogP) is 9.25. The third-order valence-electron chi connectivity index (χ3n) is 7.48. The van der Waals surface area contributed by atoms with Crippen LogP contribution in [-0.2, 0) is 18.9 Å². The van der Waals surface area contributed by atoms with Crippen LogP contribution in [0, 0.1) is 6.92 Å². The molecular formula is C31H35F6N5OS. The molecule has 4 rings (SSSR count). The van der Waals surface area contributed by atoms with E-state index in [1.54, 1.807) is 15.9 Å². The van der Waals surface area contributed by atoms with Crippen molar-refractivity contribution in [2.24, 2.45) is 0 Å². The van der Waals surface area contributed by atoms with Gasteiger partial charge in [-0.2, -0.15) is 26.3 Å². The van der Waals surface area contributed by atoms with Gasteiger partial charge in [0.1, 0.15) is 18.0 Å². The Labute approximate surface area is 257 Å². The molecule has 2 atom stereocenters. The van der Waals surface area contributed by atoms with E-state index in [-0.39, 0.29) is 29.5 Å². The van der Waals surface area contributed by atoms with E-state index in [9.17, 15) is 31.1 Å². The molecular weight excluding hydrogens is 604 g/mol. The van der Waals surface area contributed by atoms with E-state index >= 15 is 0 Å². The Morgan fingerprint density at radius 2 is 1.68 bits per heavy atom. The third-order valence-corrected chi connectivity index (χ3v) is 8.21. The summed E-state index contributed by atoms with van der Waals surface area (Å²) < 4.78 is 82.8. The lowest BCUT2D eigenvalue weighted by Gasteiger charge is -2.45. The molecule has 1 aliphatic heterocycles. The summed E-state index contributed by atoms with van der Waals surface area (Å²) in [5, 5.41) is 3.05. The number of aryl methyl sites for hydroxylation is 1. The van der Waals surface area contributed by atoms with Crippen LogP contribution in [0.3, 0.4) is 0 Å². The Hall–Kier alpha value is -3.48. The first kappa shape index (κ1) is 33.4. The molecule has 0 saturated heterocycles. The topological polar surface area (TPSA) is 61.4 Å². The second kappa shape index (κ2) is 13.7. The second-order valence-electron chi connectivity index (χ2n) is 10.7. The van der Waals surface area contributed by atoms with E-state index in [4.69, 9.17) is 0 Å². The smallest absolute Gasteiger partial charge is 0.370 e. The maximum absolute atomic E-state index is 13.8. The fraction of sp³-hybridized carbons (Fsp3) is 0.452. The Kier molecular flexibility index (Phi) is 10.4. The number of alkyl halides is 6. The summed E-state index contributed by atoms with van der Waals surface area (Å²) in [4.78, 5) is 25.5. The van der Waals surface area contributed by atoms with Crippen LogP contribution in [0.1, 0.15) is 73.9 Å². The number of hydrogen-bond acceptors (Lipinski definition) is 6. The van der Waals surface area contributed by atoms with E-state index in [2.05, 4.69) is 15.3 Å². The van der Waals surface area contributed by atoms with Crippen molar-refractivity contribution < 1.29 is 31.1 Å². The van der Waals surface area contributed by atoms with Gasteiger partial charge in [0, 0.05) is 25.2 Å². The molecule has 2 heterocycles. The van der Waals surface area contributed by atoms with Gasteiger partial charge in [-0.3, -0.25) is 9.69 Å². The third kappa shape index (κ3) is 7.59. The van der Waals surface area contributed by atoms with Crippen LogP contribution in [0.5, 0.6) is 0 Å². The van der Waals surface area contributed by atoms with Gasteiger partial charge in [0.2, 0.25) is 0 Å². The number of aromatic nitrogens is 2. The monoisotopic (exact) mass is 639 g/mol. The summed E-state index contributed by atoms with van der Waals surface area (Å²) in [5.41, 5.74) is -0.635. The molecule has 1 amide bonds. The molecule has 238 valence electrons. The number of thioether (sulfide) groups is 1. The molecule has 0 saturated carbocycles. The standard InChI is InChI=1S/C31H35F6N5OS/c1-5-10-38-27-16-28(40-18-39-27)41(17-20-12-21(30(32,33)34)14-22(13-20)31(35,36)37)26-15-23(6-2)42(29(43)44-7-3)25-9-8-19(4)11-24(25)26/h8-9,11-14,16,18,23,26H,5-7,10,15,17H2,1-4H3,(H,38,39,40)/t23-,26+/m1/s1. The SMILES string of the molecule is CCCNc1cc(N(Cc2cc(C(F)(F)F)cc(C(F)(F)F)c2)[C@H]2C[C@@H](CC)N(C(=O)SCC)c3ccc(C)cc32)ncn1. The highest BCUT2D eigenvalue weighted by Gasteiger charge is 2.40. The number of fused-ring (bicyclic) bond motifs is 1. The second-order valence-corrected chi connectivity index (χ2v) is 11.9. The van der Waals surface area contributed by atoms with Gasteiger partial charge < -0.3 is 10.2 Å². The van der Waals surface area contributed by atoms with Gasteiger partial charge in [-0.15, -0.1) is 0 Å². The Bertz CT molecular complexity index is 1430. The molecule has 13 heteroatoms. The first-order chi connectivity index (χ1) is 20.8. The maximum atomic E-state index is 13.8. The molecule has 0 fully saturated rings. The molecule has 6 nitrogen and oxygen atoms in total. The molecule has 0 spiro atoms. The lowest BCUT2D eigenvalue weighted by Crippen LogP contribution is -2.46. The van der Waals surface area contributed by atoms with Crippen molar-refractivity contribution >= 4 is 34.3 Å². The Balaban J connectivity index is 1.91. The lowest BCUT2D eigenvalue weighted by molar-refractivity contribution is -0.143. The first-order valence-corrected chi connectivity index (χ1v) is 15.4. The number of carbonyl (C=O) groups excluding carboxylic acids is 1. The van der Waals surface area contributed by atoms with Crippen LogP contribution in [0.2, 0.25) is 0 Å². The van der Waals surface area contributed by atoms with Gasteiger partial charge in [0.25, 0.3) is 5.24 Å². The van der Waals surface area contributed by atoms with Gasteiger partial charge in [0.05, 0.1) is 22.9 Å². The summed E-state index contributed by atoms with van der Waals surface area (Å²) in [6.45, 7) is 8.00. The number of hydrogen-bond donors (Lipinski definition) is 1. The number of halogens is 6. The van der Waals surface area contributed by atoms with Gasteiger partial charge in [-0.25, -0.2) is 9.97 Å². The average Bonchev–Trinajstić information content (AvgIpc) is 2.97. The normalized spacial score (nSPS) is 16.9. The average molecular weight is 640 g/mol. The molecule has 1 N–H and O–H groups in total. The molecule has 44 heavy (non-hydrogen) atoms. The van der Waals surface area contributed by atoms with Crippen molar-refractivity contribution in [3.05, 3.63) is 76.6 Å². The lowest BCUT2D eigenvalue weighted by atomic mass is 9.87. The summed E-state index contributed by atoms with van der Waals surface area (Å²) in [6.07, 6.45) is -6.86. The number of rotatable bonds is 9. The molecule has 2 aromatic carbocycles. The zero-order valence-corrected chi connectivity index (χ0v) is 25.7. The van der Waals surface area contributed by atoms with Crippen LogP contribution in [0.15, 0.2) is 48.8 Å². The number of nitrogens with zero attached hydrogens (tertiary/aromatic N) is 4. The minimum absolute atomic E-state index is 0.116. The van der Waals surface area contributed by atoms with Crippen molar-refractivity contribution in [2.75, 3.05) is 27.4 Å².